The second kappa shape index (κ2) is 6.67. The lowest BCUT2D eigenvalue weighted by Crippen LogP contribution is -2.70. The standard InChI is InChI=1S/C21H23N3O3S/c1-11-8-9-14(12(2)10-11)22-19(25)16-17-13-6-5-7-15(26-4)18(13)27-21(16,3)24-20(28)23-17/h5-10,16-17H,1-4H3,(H,22,25)(H2,23,24,28). The fourth-order valence-electron chi connectivity index (χ4n) is 4.05. The number of benzene rings is 2. The first-order valence-electron chi connectivity index (χ1n) is 9.15. The van der Waals surface area contributed by atoms with E-state index in [2.05, 4.69) is 16.0 Å². The van der Waals surface area contributed by atoms with Crippen molar-refractivity contribution in [3.8, 4) is 11.5 Å². The minimum atomic E-state index is -1.00. The van der Waals surface area contributed by atoms with E-state index in [0.29, 0.717) is 16.6 Å². The van der Waals surface area contributed by atoms with Crippen molar-refractivity contribution in [3.05, 3.63) is 53.1 Å². The van der Waals surface area contributed by atoms with Crippen molar-refractivity contribution >= 4 is 28.9 Å². The summed E-state index contributed by atoms with van der Waals surface area (Å²) in [5.41, 5.74) is 2.80. The number of fused-ring (bicyclic) bond motifs is 4. The molecule has 3 unspecified atom stereocenters. The third-order valence-electron chi connectivity index (χ3n) is 5.38. The van der Waals surface area contributed by atoms with Crippen LogP contribution in [-0.2, 0) is 4.79 Å². The highest BCUT2D eigenvalue weighted by Gasteiger charge is 2.55. The fraction of sp³-hybridized carbons (Fsp3) is 0.333. The number of rotatable bonds is 3. The molecule has 3 N–H and O–H groups in total. The molecule has 0 aliphatic carbocycles. The molecule has 2 aromatic rings. The van der Waals surface area contributed by atoms with Crippen LogP contribution in [0.2, 0.25) is 0 Å². The predicted octanol–water partition coefficient (Wildman–Crippen LogP) is 3.19. The number of ether oxygens (including phenoxy) is 2. The molecule has 0 saturated carbocycles. The van der Waals surface area contributed by atoms with Crippen LogP contribution in [0, 0.1) is 19.8 Å². The number of amides is 1. The lowest BCUT2D eigenvalue weighted by atomic mass is 9.79. The van der Waals surface area contributed by atoms with Gasteiger partial charge in [0, 0.05) is 11.3 Å². The molecule has 28 heavy (non-hydrogen) atoms. The van der Waals surface area contributed by atoms with E-state index in [9.17, 15) is 4.79 Å². The summed E-state index contributed by atoms with van der Waals surface area (Å²) in [6.45, 7) is 5.85. The van der Waals surface area contributed by atoms with Crippen molar-refractivity contribution < 1.29 is 14.3 Å². The van der Waals surface area contributed by atoms with Gasteiger partial charge >= 0.3 is 0 Å². The van der Waals surface area contributed by atoms with E-state index in [1.807, 2.05) is 57.2 Å². The first kappa shape index (κ1) is 18.6. The Balaban J connectivity index is 1.74. The molecule has 2 bridgehead atoms. The van der Waals surface area contributed by atoms with Gasteiger partial charge in [-0.05, 0) is 50.7 Å². The quantitative estimate of drug-likeness (QED) is 0.691. The van der Waals surface area contributed by atoms with E-state index in [1.165, 1.54) is 0 Å². The molecule has 1 saturated heterocycles. The van der Waals surface area contributed by atoms with Crippen molar-refractivity contribution in [2.24, 2.45) is 5.92 Å². The number of carbonyl (C=O) groups is 1. The van der Waals surface area contributed by atoms with Crippen molar-refractivity contribution in [2.45, 2.75) is 32.5 Å². The minimum absolute atomic E-state index is 0.143. The summed E-state index contributed by atoms with van der Waals surface area (Å²) in [5, 5.41) is 9.90. The average molecular weight is 398 g/mol. The number of methoxy groups -OCH3 is 1. The molecular formula is C21H23N3O3S. The Morgan fingerprint density at radius 2 is 2.07 bits per heavy atom. The number of anilines is 1. The predicted molar refractivity (Wildman–Crippen MR) is 112 cm³/mol. The zero-order chi connectivity index (χ0) is 20.1. The molecule has 0 radical (unpaired) electrons. The van der Waals surface area contributed by atoms with Gasteiger partial charge in [-0.25, -0.2) is 0 Å². The second-order valence-electron chi connectivity index (χ2n) is 7.45. The molecule has 0 spiro atoms. The van der Waals surface area contributed by atoms with Crippen LogP contribution >= 0.6 is 12.2 Å². The molecule has 2 aliphatic heterocycles. The van der Waals surface area contributed by atoms with Crippen molar-refractivity contribution in [1.29, 1.82) is 0 Å². The third-order valence-corrected chi connectivity index (χ3v) is 5.60. The molecule has 146 valence electrons. The molecule has 2 aliphatic rings. The third kappa shape index (κ3) is 2.96. The van der Waals surface area contributed by atoms with Crippen LogP contribution in [0.15, 0.2) is 36.4 Å². The van der Waals surface area contributed by atoms with Gasteiger partial charge in [0.25, 0.3) is 0 Å². The summed E-state index contributed by atoms with van der Waals surface area (Å²) in [5.74, 6) is 0.559. The molecule has 2 heterocycles. The number of hydrogen-bond acceptors (Lipinski definition) is 4. The number of para-hydroxylation sites is 1. The molecule has 7 heteroatoms. The number of nitrogens with one attached hydrogen (secondary N) is 3. The Labute approximate surface area is 169 Å². The van der Waals surface area contributed by atoms with E-state index in [4.69, 9.17) is 21.7 Å². The minimum Gasteiger partial charge on any atom is -0.493 e. The van der Waals surface area contributed by atoms with Gasteiger partial charge in [0.05, 0.1) is 13.2 Å². The summed E-state index contributed by atoms with van der Waals surface area (Å²) < 4.78 is 11.7. The normalized spacial score (nSPS) is 24.9. The molecule has 1 amide bonds. The van der Waals surface area contributed by atoms with Gasteiger partial charge in [-0.1, -0.05) is 29.8 Å². The van der Waals surface area contributed by atoms with Gasteiger partial charge in [-0.15, -0.1) is 0 Å². The van der Waals surface area contributed by atoms with Crippen molar-refractivity contribution in [3.63, 3.8) is 0 Å². The second-order valence-corrected chi connectivity index (χ2v) is 7.86. The summed E-state index contributed by atoms with van der Waals surface area (Å²) in [6.07, 6.45) is 0. The van der Waals surface area contributed by atoms with Gasteiger partial charge in [-0.2, -0.15) is 0 Å². The van der Waals surface area contributed by atoms with E-state index in [1.54, 1.807) is 7.11 Å². The Morgan fingerprint density at radius 1 is 1.29 bits per heavy atom. The molecule has 1 fully saturated rings. The summed E-state index contributed by atoms with van der Waals surface area (Å²) in [4.78, 5) is 13.3. The van der Waals surface area contributed by atoms with Gasteiger partial charge in [-0.3, -0.25) is 4.79 Å². The number of hydrogen-bond donors (Lipinski definition) is 3. The van der Waals surface area contributed by atoms with Crippen LogP contribution in [0.3, 0.4) is 0 Å². The number of aryl methyl sites for hydroxylation is 2. The van der Waals surface area contributed by atoms with Gasteiger partial charge in [0.15, 0.2) is 22.3 Å². The van der Waals surface area contributed by atoms with E-state index in [-0.39, 0.29) is 11.9 Å². The van der Waals surface area contributed by atoms with Crippen LogP contribution in [0.4, 0.5) is 5.69 Å². The largest absolute Gasteiger partial charge is 0.493 e. The molecule has 3 atom stereocenters. The van der Waals surface area contributed by atoms with E-state index < -0.39 is 11.6 Å². The Bertz CT molecular complexity index is 977. The molecule has 0 aromatic heterocycles. The van der Waals surface area contributed by atoms with Gasteiger partial charge < -0.3 is 25.4 Å². The maximum Gasteiger partial charge on any atom is 0.236 e. The molecular weight excluding hydrogens is 374 g/mol. The van der Waals surface area contributed by atoms with E-state index in [0.717, 1.165) is 22.4 Å². The lowest BCUT2D eigenvalue weighted by molar-refractivity contribution is -0.132. The molecule has 4 rings (SSSR count). The maximum atomic E-state index is 13.3. The lowest BCUT2D eigenvalue weighted by Gasteiger charge is -2.50. The van der Waals surface area contributed by atoms with Crippen LogP contribution in [-0.4, -0.2) is 23.9 Å². The highest BCUT2D eigenvalue weighted by atomic mass is 32.1. The summed E-state index contributed by atoms with van der Waals surface area (Å²) in [7, 11) is 1.60. The van der Waals surface area contributed by atoms with Gasteiger partial charge in [0.2, 0.25) is 5.91 Å². The SMILES string of the molecule is COc1cccc2c1OC1(C)NC(=S)NC2C1C(=O)Nc1ccc(C)cc1C. The smallest absolute Gasteiger partial charge is 0.236 e. The van der Waals surface area contributed by atoms with Crippen LogP contribution in [0.25, 0.3) is 0 Å². The first-order chi connectivity index (χ1) is 13.3. The van der Waals surface area contributed by atoms with Crippen molar-refractivity contribution in [2.75, 3.05) is 12.4 Å². The number of thiocarbonyl (C=S) groups is 1. The van der Waals surface area contributed by atoms with Crippen LogP contribution < -0.4 is 25.4 Å². The summed E-state index contributed by atoms with van der Waals surface area (Å²) >= 11 is 5.36. The van der Waals surface area contributed by atoms with Crippen LogP contribution in [0.5, 0.6) is 11.5 Å². The molecule has 2 aromatic carbocycles. The molecule has 6 nitrogen and oxygen atoms in total. The van der Waals surface area contributed by atoms with Crippen molar-refractivity contribution in [1.82, 2.24) is 10.6 Å². The fourth-order valence-corrected chi connectivity index (χ4v) is 4.38. The highest BCUT2D eigenvalue weighted by Crippen LogP contribution is 2.48. The number of carbonyl (C=O) groups excluding carboxylic acids is 1. The van der Waals surface area contributed by atoms with E-state index >= 15 is 0 Å². The van der Waals surface area contributed by atoms with Crippen LogP contribution in [0.1, 0.15) is 29.7 Å². The first-order valence-corrected chi connectivity index (χ1v) is 9.56. The average Bonchev–Trinajstić information content (AvgIpc) is 2.62. The Kier molecular flexibility index (Phi) is 4.42. The Morgan fingerprint density at radius 3 is 2.79 bits per heavy atom. The Hall–Kier alpha value is -2.80. The zero-order valence-corrected chi connectivity index (χ0v) is 17.1. The topological polar surface area (TPSA) is 71.6 Å². The summed E-state index contributed by atoms with van der Waals surface area (Å²) in [6, 6.07) is 11.3. The zero-order valence-electron chi connectivity index (χ0n) is 16.3. The highest BCUT2D eigenvalue weighted by molar-refractivity contribution is 7.80. The maximum absolute atomic E-state index is 13.3. The monoisotopic (exact) mass is 397 g/mol. The van der Waals surface area contributed by atoms with Gasteiger partial charge in [0.1, 0.15) is 5.92 Å².